The average molecular weight is 318 g/mol. The van der Waals surface area contributed by atoms with Gasteiger partial charge in [0.05, 0.1) is 11.1 Å². The average Bonchev–Trinajstić information content (AvgIpc) is 2.52. The summed E-state index contributed by atoms with van der Waals surface area (Å²) >= 11 is 0. The number of hydrogen-bond donors (Lipinski definition) is 1. The highest BCUT2D eigenvalue weighted by Crippen LogP contribution is 2.28. The number of oxime groups is 1. The van der Waals surface area contributed by atoms with E-state index in [1.807, 2.05) is 43.3 Å². The van der Waals surface area contributed by atoms with E-state index in [2.05, 4.69) is 14.7 Å². The Morgan fingerprint density at radius 2 is 1.91 bits per heavy atom. The molecule has 0 aliphatic heterocycles. The van der Waals surface area contributed by atoms with E-state index in [0.717, 1.165) is 11.1 Å². The van der Waals surface area contributed by atoms with Crippen molar-refractivity contribution < 1.29 is 13.3 Å². The van der Waals surface area contributed by atoms with Gasteiger partial charge >= 0.3 is 0 Å². The molecule has 0 saturated carbocycles. The van der Waals surface area contributed by atoms with Crippen molar-refractivity contribution >= 4 is 16.2 Å². The Labute approximate surface area is 130 Å². The first-order chi connectivity index (χ1) is 10.5. The van der Waals surface area contributed by atoms with Gasteiger partial charge in [0.15, 0.2) is 0 Å². The maximum atomic E-state index is 12.5. The molecule has 0 heterocycles. The third-order valence-corrected chi connectivity index (χ3v) is 4.54. The van der Waals surface area contributed by atoms with Gasteiger partial charge in [-0.1, -0.05) is 53.2 Å². The van der Waals surface area contributed by atoms with E-state index in [-0.39, 0.29) is 11.4 Å². The summed E-state index contributed by atoms with van der Waals surface area (Å²) in [4.78, 5) is 4.75. The summed E-state index contributed by atoms with van der Waals surface area (Å²) in [7, 11) is -2.23. The number of nitrogens with zero attached hydrogens (tertiary/aromatic N) is 1. The Morgan fingerprint density at radius 3 is 2.59 bits per heavy atom. The molecule has 0 aliphatic carbocycles. The third-order valence-electron chi connectivity index (χ3n) is 3.05. The van der Waals surface area contributed by atoms with Gasteiger partial charge in [-0.15, -0.1) is 0 Å². The minimum atomic E-state index is -3.63. The number of nitrogens with one attached hydrogen (secondary N) is 1. The lowest BCUT2D eigenvalue weighted by Crippen LogP contribution is -2.26. The Morgan fingerprint density at radius 1 is 1.18 bits per heavy atom. The number of hydrogen-bond acceptors (Lipinski definition) is 4. The second-order valence-electron chi connectivity index (χ2n) is 4.69. The van der Waals surface area contributed by atoms with E-state index in [1.165, 1.54) is 13.3 Å². The van der Waals surface area contributed by atoms with Gasteiger partial charge in [0.25, 0.3) is 0 Å². The van der Waals surface area contributed by atoms with Crippen LogP contribution in [0.25, 0.3) is 11.1 Å². The van der Waals surface area contributed by atoms with E-state index in [4.69, 9.17) is 0 Å². The predicted octanol–water partition coefficient (Wildman–Crippen LogP) is 2.57. The molecule has 2 aromatic carbocycles. The zero-order chi connectivity index (χ0) is 16.0. The molecule has 2 rings (SSSR count). The maximum absolute atomic E-state index is 12.5. The predicted molar refractivity (Wildman–Crippen MR) is 87.3 cm³/mol. The van der Waals surface area contributed by atoms with Crippen LogP contribution in [0, 0.1) is 6.92 Å². The molecule has 1 N–H and O–H groups in total. The van der Waals surface area contributed by atoms with E-state index < -0.39 is 10.0 Å². The van der Waals surface area contributed by atoms with Crippen LogP contribution in [0.2, 0.25) is 0 Å². The van der Waals surface area contributed by atoms with Crippen LogP contribution in [0.5, 0.6) is 0 Å². The molecule has 0 amide bonds. The zero-order valence-corrected chi connectivity index (χ0v) is 13.3. The minimum Gasteiger partial charge on any atom is -0.399 e. The van der Waals surface area contributed by atoms with Crippen molar-refractivity contribution in [3.63, 3.8) is 0 Å². The summed E-state index contributed by atoms with van der Waals surface area (Å²) in [6.45, 7) is 2.00. The fourth-order valence-electron chi connectivity index (χ4n) is 2.06. The van der Waals surface area contributed by atoms with Crippen molar-refractivity contribution in [2.45, 2.75) is 11.8 Å². The summed E-state index contributed by atoms with van der Waals surface area (Å²) in [6, 6.07) is 14.7. The molecule has 0 spiro atoms. The van der Waals surface area contributed by atoms with Crippen molar-refractivity contribution in [2.75, 3.05) is 13.7 Å². The quantitative estimate of drug-likeness (QED) is 0.657. The number of sulfonamides is 1. The highest BCUT2D eigenvalue weighted by molar-refractivity contribution is 7.89. The van der Waals surface area contributed by atoms with Crippen molar-refractivity contribution in [1.82, 2.24) is 4.72 Å². The SMILES string of the molecule is CON=CCNS(=O)(=O)c1ccc(C)cc1-c1ccccc1. The van der Waals surface area contributed by atoms with Gasteiger partial charge in [0.1, 0.15) is 7.11 Å². The summed E-state index contributed by atoms with van der Waals surface area (Å²) in [5.41, 5.74) is 2.53. The van der Waals surface area contributed by atoms with Gasteiger partial charge < -0.3 is 4.84 Å². The second-order valence-corrected chi connectivity index (χ2v) is 6.42. The van der Waals surface area contributed by atoms with Crippen molar-refractivity contribution in [3.05, 3.63) is 54.1 Å². The Kier molecular flexibility index (Phi) is 5.30. The summed E-state index contributed by atoms with van der Waals surface area (Å²) in [5, 5.41) is 3.51. The van der Waals surface area contributed by atoms with E-state index in [1.54, 1.807) is 12.1 Å². The van der Waals surface area contributed by atoms with Gasteiger partial charge in [-0.3, -0.25) is 0 Å². The van der Waals surface area contributed by atoms with Gasteiger partial charge in [-0.05, 0) is 18.6 Å². The Hall–Kier alpha value is -2.18. The number of rotatable bonds is 6. The number of benzene rings is 2. The van der Waals surface area contributed by atoms with Crippen LogP contribution < -0.4 is 4.72 Å². The topological polar surface area (TPSA) is 67.8 Å². The van der Waals surface area contributed by atoms with Crippen LogP contribution in [-0.2, 0) is 14.9 Å². The van der Waals surface area contributed by atoms with E-state index >= 15 is 0 Å². The first-order valence-electron chi connectivity index (χ1n) is 6.75. The molecule has 0 fully saturated rings. The lowest BCUT2D eigenvalue weighted by molar-refractivity contribution is 0.215. The van der Waals surface area contributed by atoms with Crippen LogP contribution in [0.1, 0.15) is 5.56 Å². The highest BCUT2D eigenvalue weighted by atomic mass is 32.2. The van der Waals surface area contributed by atoms with Gasteiger partial charge in [0.2, 0.25) is 10.0 Å². The molecule has 5 nitrogen and oxygen atoms in total. The van der Waals surface area contributed by atoms with Gasteiger partial charge in [-0.25, -0.2) is 13.1 Å². The standard InChI is InChI=1S/C16H18N2O3S/c1-13-8-9-16(22(19,20)18-11-10-17-21-2)15(12-13)14-6-4-3-5-7-14/h3-10,12,18H,11H2,1-2H3. The molecule has 0 bridgehead atoms. The molecule has 0 aliphatic rings. The first kappa shape index (κ1) is 16.2. The molecular formula is C16H18N2O3S. The monoisotopic (exact) mass is 318 g/mol. The molecule has 2 aromatic rings. The normalized spacial score (nSPS) is 11.7. The largest absolute Gasteiger partial charge is 0.399 e. The zero-order valence-electron chi connectivity index (χ0n) is 12.5. The van der Waals surface area contributed by atoms with Crippen LogP contribution in [-0.4, -0.2) is 28.3 Å². The van der Waals surface area contributed by atoms with Gasteiger partial charge in [-0.2, -0.15) is 0 Å². The van der Waals surface area contributed by atoms with Gasteiger partial charge in [0, 0.05) is 12.1 Å². The van der Waals surface area contributed by atoms with Crippen molar-refractivity contribution in [3.8, 4) is 11.1 Å². The van der Waals surface area contributed by atoms with Crippen LogP contribution >= 0.6 is 0 Å². The number of aryl methyl sites for hydroxylation is 1. The second kappa shape index (κ2) is 7.20. The molecule has 0 atom stereocenters. The molecule has 0 saturated heterocycles. The van der Waals surface area contributed by atoms with Crippen LogP contribution in [0.4, 0.5) is 0 Å². The summed E-state index contributed by atoms with van der Waals surface area (Å²) in [6.07, 6.45) is 1.36. The molecule has 6 heteroatoms. The molecule has 0 radical (unpaired) electrons. The Balaban J connectivity index is 2.41. The minimum absolute atomic E-state index is 0.0677. The molecule has 0 unspecified atom stereocenters. The summed E-state index contributed by atoms with van der Waals surface area (Å²) in [5.74, 6) is 0. The molecule has 0 aromatic heterocycles. The van der Waals surface area contributed by atoms with E-state index in [0.29, 0.717) is 5.56 Å². The van der Waals surface area contributed by atoms with E-state index in [9.17, 15) is 8.42 Å². The van der Waals surface area contributed by atoms with Crippen LogP contribution in [0.15, 0.2) is 58.6 Å². The summed E-state index contributed by atoms with van der Waals surface area (Å²) < 4.78 is 27.5. The maximum Gasteiger partial charge on any atom is 0.241 e. The van der Waals surface area contributed by atoms with Crippen molar-refractivity contribution in [1.29, 1.82) is 0 Å². The third kappa shape index (κ3) is 3.93. The molecule has 22 heavy (non-hydrogen) atoms. The van der Waals surface area contributed by atoms with Crippen LogP contribution in [0.3, 0.4) is 0 Å². The highest BCUT2D eigenvalue weighted by Gasteiger charge is 2.18. The molecule has 116 valence electrons. The lowest BCUT2D eigenvalue weighted by atomic mass is 10.0. The molecular weight excluding hydrogens is 300 g/mol. The fourth-order valence-corrected chi connectivity index (χ4v) is 3.22. The fraction of sp³-hybridized carbons (Fsp3) is 0.188. The smallest absolute Gasteiger partial charge is 0.241 e. The van der Waals surface area contributed by atoms with Crippen molar-refractivity contribution in [2.24, 2.45) is 5.16 Å². The Bertz CT molecular complexity index is 756. The lowest BCUT2D eigenvalue weighted by Gasteiger charge is -2.12. The first-order valence-corrected chi connectivity index (χ1v) is 8.23.